The van der Waals surface area contributed by atoms with Crippen molar-refractivity contribution in [2.45, 2.75) is 38.6 Å². The van der Waals surface area contributed by atoms with Crippen molar-refractivity contribution < 1.29 is 14.3 Å². The molecule has 1 aromatic rings. The highest BCUT2D eigenvalue weighted by atomic mass is 16.5. The molecule has 1 saturated heterocycles. The zero-order valence-electron chi connectivity index (χ0n) is 11.7. The highest BCUT2D eigenvalue weighted by Crippen LogP contribution is 2.19. The number of ether oxygens (including phenoxy) is 1. The van der Waals surface area contributed by atoms with Crippen molar-refractivity contribution in [1.29, 1.82) is 0 Å². The first kappa shape index (κ1) is 14.5. The lowest BCUT2D eigenvalue weighted by atomic mass is 10.00. The standard InChI is InChI=1S/C15H20N2O3/c1-2-13-5-3-4-10-17(13)14(18)11-20-15(19)12-6-8-16-9-7-12/h6-9,13H,2-5,10-11H2,1H3. The van der Waals surface area contributed by atoms with Crippen LogP contribution in [0.15, 0.2) is 24.5 Å². The molecule has 1 atom stereocenters. The van der Waals surface area contributed by atoms with Gasteiger partial charge in [-0.05, 0) is 37.8 Å². The molecule has 0 aliphatic carbocycles. The maximum absolute atomic E-state index is 12.1. The second kappa shape index (κ2) is 7.03. The molecule has 1 amide bonds. The van der Waals surface area contributed by atoms with E-state index in [0.29, 0.717) is 5.56 Å². The summed E-state index contributed by atoms with van der Waals surface area (Å²) in [5.74, 6) is -0.579. The quantitative estimate of drug-likeness (QED) is 0.789. The molecule has 5 nitrogen and oxygen atoms in total. The van der Waals surface area contributed by atoms with Crippen LogP contribution in [0.1, 0.15) is 43.0 Å². The summed E-state index contributed by atoms with van der Waals surface area (Å²) in [7, 11) is 0. The Morgan fingerprint density at radius 1 is 1.35 bits per heavy atom. The second-order valence-corrected chi connectivity index (χ2v) is 4.96. The van der Waals surface area contributed by atoms with E-state index in [1.165, 1.54) is 18.8 Å². The van der Waals surface area contributed by atoms with Crippen molar-refractivity contribution in [3.05, 3.63) is 30.1 Å². The first-order valence-electron chi connectivity index (χ1n) is 7.09. The van der Waals surface area contributed by atoms with Crippen molar-refractivity contribution in [2.24, 2.45) is 0 Å². The van der Waals surface area contributed by atoms with E-state index in [1.807, 2.05) is 4.90 Å². The summed E-state index contributed by atoms with van der Waals surface area (Å²) >= 11 is 0. The zero-order chi connectivity index (χ0) is 14.4. The molecule has 0 aromatic carbocycles. The molecule has 1 aliphatic rings. The minimum Gasteiger partial charge on any atom is -0.452 e. The third kappa shape index (κ3) is 3.56. The van der Waals surface area contributed by atoms with Gasteiger partial charge in [-0.1, -0.05) is 6.92 Å². The Kier molecular flexibility index (Phi) is 5.09. The molecule has 1 aromatic heterocycles. The van der Waals surface area contributed by atoms with Crippen LogP contribution < -0.4 is 0 Å². The minimum absolute atomic E-state index is 0.0982. The van der Waals surface area contributed by atoms with Gasteiger partial charge in [0.2, 0.25) is 0 Å². The summed E-state index contributed by atoms with van der Waals surface area (Å²) < 4.78 is 5.08. The summed E-state index contributed by atoms with van der Waals surface area (Å²) in [6.07, 6.45) is 7.23. The molecular formula is C15H20N2O3. The Morgan fingerprint density at radius 3 is 2.80 bits per heavy atom. The third-order valence-electron chi connectivity index (χ3n) is 3.66. The number of nitrogens with zero attached hydrogens (tertiary/aromatic N) is 2. The zero-order valence-corrected chi connectivity index (χ0v) is 11.7. The van der Waals surface area contributed by atoms with Crippen LogP contribution in [-0.2, 0) is 9.53 Å². The molecular weight excluding hydrogens is 256 g/mol. The van der Waals surface area contributed by atoms with Gasteiger partial charge in [0.1, 0.15) is 0 Å². The van der Waals surface area contributed by atoms with E-state index < -0.39 is 5.97 Å². The molecule has 1 unspecified atom stereocenters. The molecule has 1 aliphatic heterocycles. The number of hydrogen-bond acceptors (Lipinski definition) is 4. The van der Waals surface area contributed by atoms with Crippen molar-refractivity contribution in [3.8, 4) is 0 Å². The number of pyridine rings is 1. The van der Waals surface area contributed by atoms with Crippen LogP contribution in [0.25, 0.3) is 0 Å². The summed E-state index contributed by atoms with van der Waals surface area (Å²) in [6, 6.07) is 3.43. The SMILES string of the molecule is CCC1CCCCN1C(=O)COC(=O)c1ccncc1. The van der Waals surface area contributed by atoms with Crippen LogP contribution in [0.2, 0.25) is 0 Å². The Hall–Kier alpha value is -1.91. The number of hydrogen-bond donors (Lipinski definition) is 0. The number of aromatic nitrogens is 1. The van der Waals surface area contributed by atoms with Crippen LogP contribution >= 0.6 is 0 Å². The van der Waals surface area contributed by atoms with Crippen molar-refractivity contribution in [3.63, 3.8) is 0 Å². The van der Waals surface area contributed by atoms with Crippen LogP contribution in [-0.4, -0.2) is 41.0 Å². The van der Waals surface area contributed by atoms with Gasteiger partial charge >= 0.3 is 5.97 Å². The van der Waals surface area contributed by atoms with E-state index in [4.69, 9.17) is 4.74 Å². The number of piperidine rings is 1. The van der Waals surface area contributed by atoms with Crippen LogP contribution in [0.5, 0.6) is 0 Å². The van der Waals surface area contributed by atoms with Crippen molar-refractivity contribution >= 4 is 11.9 Å². The number of carbonyl (C=O) groups is 2. The molecule has 0 bridgehead atoms. The number of amides is 1. The van der Waals surface area contributed by atoms with E-state index in [9.17, 15) is 9.59 Å². The highest BCUT2D eigenvalue weighted by Gasteiger charge is 2.25. The number of likely N-dealkylation sites (tertiary alicyclic amines) is 1. The van der Waals surface area contributed by atoms with Crippen LogP contribution in [0.3, 0.4) is 0 Å². The van der Waals surface area contributed by atoms with Gasteiger partial charge in [-0.25, -0.2) is 4.79 Å². The van der Waals surface area contributed by atoms with Gasteiger partial charge in [-0.2, -0.15) is 0 Å². The topological polar surface area (TPSA) is 59.5 Å². The van der Waals surface area contributed by atoms with Gasteiger partial charge in [0.15, 0.2) is 6.61 Å². The summed E-state index contributed by atoms with van der Waals surface area (Å²) in [5, 5.41) is 0. The van der Waals surface area contributed by atoms with E-state index in [1.54, 1.807) is 12.1 Å². The van der Waals surface area contributed by atoms with E-state index >= 15 is 0 Å². The fourth-order valence-corrected chi connectivity index (χ4v) is 2.53. The molecule has 2 rings (SSSR count). The lowest BCUT2D eigenvalue weighted by Crippen LogP contribution is -2.45. The van der Waals surface area contributed by atoms with Gasteiger partial charge in [-0.15, -0.1) is 0 Å². The van der Waals surface area contributed by atoms with Gasteiger partial charge in [0.05, 0.1) is 5.56 Å². The fraction of sp³-hybridized carbons (Fsp3) is 0.533. The molecule has 1 fully saturated rings. The maximum atomic E-state index is 12.1. The van der Waals surface area contributed by atoms with Crippen molar-refractivity contribution in [2.75, 3.05) is 13.2 Å². The largest absolute Gasteiger partial charge is 0.452 e. The summed E-state index contributed by atoms with van der Waals surface area (Å²) in [5.41, 5.74) is 0.415. The minimum atomic E-state index is -0.481. The third-order valence-corrected chi connectivity index (χ3v) is 3.66. The molecule has 5 heteroatoms. The average molecular weight is 276 g/mol. The highest BCUT2D eigenvalue weighted by molar-refractivity contribution is 5.91. The fourth-order valence-electron chi connectivity index (χ4n) is 2.53. The van der Waals surface area contributed by atoms with Crippen LogP contribution in [0.4, 0.5) is 0 Å². The van der Waals surface area contributed by atoms with Crippen LogP contribution in [0, 0.1) is 0 Å². The smallest absolute Gasteiger partial charge is 0.338 e. The van der Waals surface area contributed by atoms with E-state index in [0.717, 1.165) is 25.8 Å². The van der Waals surface area contributed by atoms with Gasteiger partial charge in [-0.3, -0.25) is 9.78 Å². The Labute approximate surface area is 118 Å². The Balaban J connectivity index is 1.87. The average Bonchev–Trinajstić information content (AvgIpc) is 2.53. The molecule has 0 N–H and O–H groups in total. The lowest BCUT2D eigenvalue weighted by Gasteiger charge is -2.35. The predicted molar refractivity (Wildman–Crippen MR) is 74.2 cm³/mol. The molecule has 0 spiro atoms. The Bertz CT molecular complexity index is 461. The van der Waals surface area contributed by atoms with E-state index in [-0.39, 0.29) is 18.6 Å². The predicted octanol–water partition coefficient (Wildman–Crippen LogP) is 2.03. The van der Waals surface area contributed by atoms with Gasteiger partial charge in [0.25, 0.3) is 5.91 Å². The second-order valence-electron chi connectivity index (χ2n) is 4.96. The first-order chi connectivity index (χ1) is 9.72. The maximum Gasteiger partial charge on any atom is 0.338 e. The number of carbonyl (C=O) groups excluding carboxylic acids is 2. The van der Waals surface area contributed by atoms with E-state index in [2.05, 4.69) is 11.9 Å². The molecule has 108 valence electrons. The number of esters is 1. The lowest BCUT2D eigenvalue weighted by molar-refractivity contribution is -0.138. The van der Waals surface area contributed by atoms with Crippen molar-refractivity contribution in [1.82, 2.24) is 9.88 Å². The van der Waals surface area contributed by atoms with Gasteiger partial charge in [0, 0.05) is 25.0 Å². The van der Waals surface area contributed by atoms with Gasteiger partial charge < -0.3 is 9.64 Å². The summed E-state index contributed by atoms with van der Waals surface area (Å²) in [4.78, 5) is 29.6. The number of rotatable bonds is 4. The Morgan fingerprint density at radius 2 is 2.10 bits per heavy atom. The first-order valence-corrected chi connectivity index (χ1v) is 7.09. The normalized spacial score (nSPS) is 18.6. The molecule has 20 heavy (non-hydrogen) atoms. The molecule has 0 radical (unpaired) electrons. The monoisotopic (exact) mass is 276 g/mol. The molecule has 2 heterocycles. The molecule has 0 saturated carbocycles. The summed E-state index contributed by atoms with van der Waals surface area (Å²) in [6.45, 7) is 2.67.